The Balaban J connectivity index is 1.72. The van der Waals surface area contributed by atoms with Crippen LogP contribution in [0.4, 0.5) is 4.79 Å². The van der Waals surface area contributed by atoms with Crippen LogP contribution < -0.4 is 11.2 Å². The van der Waals surface area contributed by atoms with Crippen LogP contribution in [0.2, 0.25) is 0 Å². The molecule has 5 heteroatoms. The normalized spacial score (nSPS) is 24.7. The summed E-state index contributed by atoms with van der Waals surface area (Å²) >= 11 is 0. The van der Waals surface area contributed by atoms with Crippen molar-refractivity contribution in [2.45, 2.75) is 58.1 Å². The predicted molar refractivity (Wildman–Crippen MR) is 69.8 cm³/mol. The maximum Gasteiger partial charge on any atom is 0.422 e. The number of carbonyl (C=O) groups is 1. The highest BCUT2D eigenvalue weighted by atomic mass is 16.6. The van der Waals surface area contributed by atoms with E-state index in [0.29, 0.717) is 11.5 Å². The van der Waals surface area contributed by atoms with Gasteiger partial charge in [0, 0.05) is 19.1 Å². The lowest BCUT2D eigenvalue weighted by molar-refractivity contribution is -0.0127. The SMILES string of the molecule is CC(C)(C)OC(=O)NN1CCC2(CC1)CC(N)C2. The Hall–Kier alpha value is -0.810. The molecule has 1 saturated carbocycles. The zero-order chi connectivity index (χ0) is 13.4. The Morgan fingerprint density at radius 1 is 1.33 bits per heavy atom. The fourth-order valence-electron chi connectivity index (χ4n) is 2.98. The molecule has 3 N–H and O–H groups in total. The van der Waals surface area contributed by atoms with Gasteiger partial charge in [-0.3, -0.25) is 5.43 Å². The molecule has 0 aromatic rings. The molecule has 104 valence electrons. The lowest BCUT2D eigenvalue weighted by Gasteiger charge is -2.51. The number of ether oxygens (including phenoxy) is 1. The second kappa shape index (κ2) is 4.70. The summed E-state index contributed by atoms with van der Waals surface area (Å²) in [6, 6.07) is 0.398. The molecule has 2 aliphatic rings. The molecule has 0 radical (unpaired) electrons. The fraction of sp³-hybridized carbons (Fsp3) is 0.923. The summed E-state index contributed by atoms with van der Waals surface area (Å²) in [7, 11) is 0. The van der Waals surface area contributed by atoms with Crippen LogP contribution in [0.3, 0.4) is 0 Å². The number of piperidine rings is 1. The lowest BCUT2D eigenvalue weighted by Crippen LogP contribution is -2.55. The molecule has 18 heavy (non-hydrogen) atoms. The number of nitrogens with one attached hydrogen (secondary N) is 1. The minimum atomic E-state index is -0.443. The molecule has 0 unspecified atom stereocenters. The second-order valence-corrected chi connectivity index (χ2v) is 6.77. The maximum absolute atomic E-state index is 11.6. The third-order valence-corrected chi connectivity index (χ3v) is 3.86. The van der Waals surface area contributed by atoms with Crippen molar-refractivity contribution in [2.75, 3.05) is 13.1 Å². The van der Waals surface area contributed by atoms with Crippen LogP contribution in [-0.2, 0) is 4.74 Å². The van der Waals surface area contributed by atoms with E-state index in [1.807, 2.05) is 25.8 Å². The number of nitrogens with two attached hydrogens (primary N) is 1. The van der Waals surface area contributed by atoms with Crippen molar-refractivity contribution in [2.24, 2.45) is 11.1 Å². The monoisotopic (exact) mass is 255 g/mol. The quantitative estimate of drug-likeness (QED) is 0.747. The van der Waals surface area contributed by atoms with Gasteiger partial charge in [0.15, 0.2) is 0 Å². The van der Waals surface area contributed by atoms with Crippen LogP contribution in [0.15, 0.2) is 0 Å². The van der Waals surface area contributed by atoms with Crippen molar-refractivity contribution in [1.29, 1.82) is 0 Å². The summed E-state index contributed by atoms with van der Waals surface area (Å²) in [5.74, 6) is 0. The average Bonchev–Trinajstić information content (AvgIpc) is 2.16. The molecule has 0 aromatic carbocycles. The first-order valence-corrected chi connectivity index (χ1v) is 6.78. The number of hydrogen-bond acceptors (Lipinski definition) is 4. The lowest BCUT2D eigenvalue weighted by atomic mass is 9.61. The van der Waals surface area contributed by atoms with E-state index >= 15 is 0 Å². The Kier molecular flexibility index (Phi) is 3.56. The molecular formula is C13H25N3O2. The van der Waals surface area contributed by atoms with Crippen LogP contribution in [-0.4, -0.2) is 35.8 Å². The smallest absolute Gasteiger partial charge is 0.422 e. The van der Waals surface area contributed by atoms with E-state index in [2.05, 4.69) is 5.43 Å². The third-order valence-electron chi connectivity index (χ3n) is 3.86. The first-order chi connectivity index (χ1) is 8.28. The first kappa shape index (κ1) is 13.6. The van der Waals surface area contributed by atoms with Gasteiger partial charge in [0.1, 0.15) is 5.60 Å². The van der Waals surface area contributed by atoms with Gasteiger partial charge in [0.25, 0.3) is 0 Å². The molecular weight excluding hydrogens is 230 g/mol. The van der Waals surface area contributed by atoms with Crippen molar-refractivity contribution < 1.29 is 9.53 Å². The molecule has 1 aliphatic heterocycles. The molecule has 1 spiro atoms. The Labute approximate surface area is 109 Å². The topological polar surface area (TPSA) is 67.6 Å². The number of rotatable bonds is 1. The molecule has 1 aliphatic carbocycles. The van der Waals surface area contributed by atoms with Gasteiger partial charge in [-0.25, -0.2) is 9.80 Å². The second-order valence-electron chi connectivity index (χ2n) is 6.77. The van der Waals surface area contributed by atoms with Crippen LogP contribution >= 0.6 is 0 Å². The molecule has 1 saturated heterocycles. The van der Waals surface area contributed by atoms with Gasteiger partial charge < -0.3 is 10.5 Å². The minimum Gasteiger partial charge on any atom is -0.443 e. The Bertz CT molecular complexity index is 309. The van der Waals surface area contributed by atoms with Crippen LogP contribution in [0.25, 0.3) is 0 Å². The van der Waals surface area contributed by atoms with Crippen molar-refractivity contribution >= 4 is 6.09 Å². The van der Waals surface area contributed by atoms with E-state index in [-0.39, 0.29) is 6.09 Å². The summed E-state index contributed by atoms with van der Waals surface area (Å²) in [6.45, 7) is 7.40. The average molecular weight is 255 g/mol. The van der Waals surface area contributed by atoms with Gasteiger partial charge in [-0.05, 0) is 51.9 Å². The van der Waals surface area contributed by atoms with E-state index in [9.17, 15) is 4.79 Å². The van der Waals surface area contributed by atoms with E-state index in [1.165, 1.54) is 0 Å². The van der Waals surface area contributed by atoms with Crippen LogP contribution in [0.5, 0.6) is 0 Å². The zero-order valence-electron chi connectivity index (χ0n) is 11.7. The molecule has 1 amide bonds. The van der Waals surface area contributed by atoms with Gasteiger partial charge in [-0.15, -0.1) is 0 Å². The number of carbonyl (C=O) groups excluding carboxylic acids is 1. The fourth-order valence-corrected chi connectivity index (χ4v) is 2.98. The number of amides is 1. The van der Waals surface area contributed by atoms with E-state index in [4.69, 9.17) is 10.5 Å². The molecule has 0 aromatic heterocycles. The van der Waals surface area contributed by atoms with Crippen molar-refractivity contribution in [3.8, 4) is 0 Å². The number of nitrogens with zero attached hydrogens (tertiary/aromatic N) is 1. The van der Waals surface area contributed by atoms with Gasteiger partial charge in [0.2, 0.25) is 0 Å². The van der Waals surface area contributed by atoms with Gasteiger partial charge in [-0.2, -0.15) is 0 Å². The first-order valence-electron chi connectivity index (χ1n) is 6.78. The van der Waals surface area contributed by atoms with E-state index < -0.39 is 5.60 Å². The third kappa shape index (κ3) is 3.36. The highest BCUT2D eigenvalue weighted by Gasteiger charge is 2.44. The predicted octanol–water partition coefficient (Wildman–Crippen LogP) is 1.63. The summed E-state index contributed by atoms with van der Waals surface area (Å²) in [4.78, 5) is 11.6. The standard InChI is InChI=1S/C13H25N3O2/c1-12(2,3)18-11(17)15-16-6-4-13(5-7-16)8-10(14)9-13/h10H,4-9,14H2,1-3H3,(H,15,17). The molecule has 0 atom stereocenters. The molecule has 2 fully saturated rings. The summed E-state index contributed by atoms with van der Waals surface area (Å²) in [5.41, 5.74) is 8.70. The van der Waals surface area contributed by atoms with Gasteiger partial charge in [-0.1, -0.05) is 0 Å². The van der Waals surface area contributed by atoms with E-state index in [0.717, 1.165) is 38.8 Å². The maximum atomic E-state index is 11.6. The molecule has 0 bridgehead atoms. The van der Waals surface area contributed by atoms with E-state index in [1.54, 1.807) is 0 Å². The summed E-state index contributed by atoms with van der Waals surface area (Å²) in [6.07, 6.45) is 4.18. The summed E-state index contributed by atoms with van der Waals surface area (Å²) < 4.78 is 5.24. The van der Waals surface area contributed by atoms with Gasteiger partial charge in [0.05, 0.1) is 0 Å². The largest absolute Gasteiger partial charge is 0.443 e. The summed E-state index contributed by atoms with van der Waals surface area (Å²) in [5, 5.41) is 1.96. The van der Waals surface area contributed by atoms with Crippen molar-refractivity contribution in [3.05, 3.63) is 0 Å². The number of hydrogen-bond donors (Lipinski definition) is 2. The Morgan fingerprint density at radius 3 is 2.33 bits per heavy atom. The van der Waals surface area contributed by atoms with Crippen LogP contribution in [0, 0.1) is 5.41 Å². The van der Waals surface area contributed by atoms with Crippen molar-refractivity contribution in [3.63, 3.8) is 0 Å². The molecule has 5 nitrogen and oxygen atoms in total. The Morgan fingerprint density at radius 2 is 1.89 bits per heavy atom. The number of hydrazine groups is 1. The minimum absolute atomic E-state index is 0.358. The molecule has 2 rings (SSSR count). The van der Waals surface area contributed by atoms with Crippen LogP contribution in [0.1, 0.15) is 46.5 Å². The van der Waals surface area contributed by atoms with Crippen molar-refractivity contribution in [1.82, 2.24) is 10.4 Å². The van der Waals surface area contributed by atoms with Gasteiger partial charge >= 0.3 is 6.09 Å². The highest BCUT2D eigenvalue weighted by Crippen LogP contribution is 2.47. The highest BCUT2D eigenvalue weighted by molar-refractivity contribution is 5.67. The zero-order valence-corrected chi connectivity index (χ0v) is 11.7. The molecule has 1 heterocycles.